The molecule has 0 radical (unpaired) electrons. The van der Waals surface area contributed by atoms with Crippen molar-refractivity contribution in [3.05, 3.63) is 0 Å². The Labute approximate surface area is 128 Å². The van der Waals surface area contributed by atoms with Gasteiger partial charge in [-0.2, -0.15) is 0 Å². The van der Waals surface area contributed by atoms with Gasteiger partial charge in [0.2, 0.25) is 5.91 Å². The maximum atomic E-state index is 12.4. The minimum Gasteiger partial charge on any atom is -0.379 e. The molecule has 0 bridgehead atoms. The number of piperidine rings is 1. The number of likely N-dealkylation sites (N-methyl/N-ethyl adjacent to an activating group) is 2. The fraction of sp³-hybridized carbons (Fsp3) is 0.933. The van der Waals surface area contributed by atoms with Gasteiger partial charge in [0.05, 0.1) is 6.61 Å². The number of hydrogen-bond acceptors (Lipinski definition) is 5. The second kappa shape index (κ2) is 7.05. The molecule has 2 N–H and O–H groups in total. The number of amides is 1. The highest BCUT2D eigenvalue weighted by molar-refractivity contribution is 5.86. The van der Waals surface area contributed by atoms with E-state index in [-0.39, 0.29) is 5.91 Å². The van der Waals surface area contributed by atoms with E-state index in [2.05, 4.69) is 23.9 Å². The lowest BCUT2D eigenvalue weighted by Crippen LogP contribution is -2.56. The number of rotatable bonds is 5. The highest BCUT2D eigenvalue weighted by Crippen LogP contribution is 2.18. The average molecular weight is 298 g/mol. The number of carbonyl (C=O) groups is 1. The van der Waals surface area contributed by atoms with Crippen LogP contribution in [0.25, 0.3) is 0 Å². The third-order valence-electron chi connectivity index (χ3n) is 4.92. The van der Waals surface area contributed by atoms with Crippen LogP contribution in [0.1, 0.15) is 19.3 Å². The molecule has 0 aromatic carbocycles. The lowest BCUT2D eigenvalue weighted by Gasteiger charge is -2.36. The molecular formula is C15H30N4O2. The molecule has 0 aromatic heterocycles. The predicted molar refractivity (Wildman–Crippen MR) is 83.1 cm³/mol. The summed E-state index contributed by atoms with van der Waals surface area (Å²) in [6.07, 6.45) is 3.04. The highest BCUT2D eigenvalue weighted by atomic mass is 16.5. The molecule has 1 atom stereocenters. The summed E-state index contributed by atoms with van der Waals surface area (Å²) in [5.41, 5.74) is 5.33. The van der Waals surface area contributed by atoms with Gasteiger partial charge in [-0.05, 0) is 46.4 Å². The second-order valence-electron chi connectivity index (χ2n) is 6.70. The molecule has 2 fully saturated rings. The summed E-state index contributed by atoms with van der Waals surface area (Å²) < 4.78 is 5.27. The smallest absolute Gasteiger partial charge is 0.244 e. The zero-order valence-electron chi connectivity index (χ0n) is 13.7. The second-order valence-corrected chi connectivity index (χ2v) is 6.70. The summed E-state index contributed by atoms with van der Waals surface area (Å²) >= 11 is 0. The monoisotopic (exact) mass is 298 g/mol. The number of carbonyl (C=O) groups excluding carboxylic acids is 1. The Morgan fingerprint density at radius 3 is 2.57 bits per heavy atom. The Hall–Kier alpha value is -0.690. The zero-order chi connectivity index (χ0) is 15.5. The van der Waals surface area contributed by atoms with E-state index in [1.54, 1.807) is 4.90 Å². The van der Waals surface area contributed by atoms with Gasteiger partial charge in [0.25, 0.3) is 0 Å². The highest BCUT2D eigenvalue weighted by Gasteiger charge is 2.40. The van der Waals surface area contributed by atoms with Gasteiger partial charge in [0.1, 0.15) is 5.54 Å². The average Bonchev–Trinajstić information content (AvgIpc) is 2.92. The van der Waals surface area contributed by atoms with Crippen molar-refractivity contribution in [1.29, 1.82) is 0 Å². The lowest BCUT2D eigenvalue weighted by molar-refractivity contribution is -0.135. The van der Waals surface area contributed by atoms with E-state index < -0.39 is 5.54 Å². The molecular weight excluding hydrogens is 268 g/mol. The Kier molecular flexibility index (Phi) is 5.60. The van der Waals surface area contributed by atoms with Crippen molar-refractivity contribution < 1.29 is 9.53 Å². The van der Waals surface area contributed by atoms with Gasteiger partial charge in [-0.15, -0.1) is 0 Å². The van der Waals surface area contributed by atoms with Crippen molar-refractivity contribution in [2.75, 3.05) is 60.5 Å². The molecule has 2 aliphatic rings. The predicted octanol–water partition coefficient (Wildman–Crippen LogP) is -0.411. The molecule has 2 rings (SSSR count). The van der Waals surface area contributed by atoms with Crippen LogP contribution in [0.3, 0.4) is 0 Å². The van der Waals surface area contributed by atoms with Crippen LogP contribution in [0.15, 0.2) is 0 Å². The first-order valence-electron chi connectivity index (χ1n) is 7.93. The van der Waals surface area contributed by atoms with Crippen molar-refractivity contribution in [2.45, 2.75) is 30.8 Å². The summed E-state index contributed by atoms with van der Waals surface area (Å²) in [5.74, 6) is 0.0109. The first kappa shape index (κ1) is 16.7. The van der Waals surface area contributed by atoms with Crippen molar-refractivity contribution in [1.82, 2.24) is 14.7 Å². The molecule has 122 valence electrons. The van der Waals surface area contributed by atoms with E-state index in [0.717, 1.165) is 26.2 Å². The van der Waals surface area contributed by atoms with Crippen LogP contribution in [0, 0.1) is 0 Å². The van der Waals surface area contributed by atoms with Crippen LogP contribution in [0.2, 0.25) is 0 Å². The third kappa shape index (κ3) is 4.16. The summed E-state index contributed by atoms with van der Waals surface area (Å²) in [6.45, 7) is 4.88. The van der Waals surface area contributed by atoms with Crippen molar-refractivity contribution in [2.24, 2.45) is 5.73 Å². The molecule has 6 nitrogen and oxygen atoms in total. The maximum absolute atomic E-state index is 12.4. The molecule has 21 heavy (non-hydrogen) atoms. The van der Waals surface area contributed by atoms with Gasteiger partial charge in [-0.1, -0.05) is 0 Å². The Morgan fingerprint density at radius 2 is 2.00 bits per heavy atom. The lowest BCUT2D eigenvalue weighted by atomic mass is 9.98. The van der Waals surface area contributed by atoms with Gasteiger partial charge in [0, 0.05) is 32.8 Å². The van der Waals surface area contributed by atoms with Crippen LogP contribution in [0.5, 0.6) is 0 Å². The van der Waals surface area contributed by atoms with Gasteiger partial charge >= 0.3 is 0 Å². The molecule has 6 heteroatoms. The van der Waals surface area contributed by atoms with Crippen molar-refractivity contribution in [3.63, 3.8) is 0 Å². The molecule has 0 saturated carbocycles. The Balaban J connectivity index is 1.75. The summed E-state index contributed by atoms with van der Waals surface area (Å²) in [6, 6.07) is 0.631. The summed E-state index contributed by atoms with van der Waals surface area (Å²) in [7, 11) is 6.18. The summed E-state index contributed by atoms with van der Waals surface area (Å²) in [4.78, 5) is 18.9. The molecule has 2 aliphatic heterocycles. The molecule has 0 aliphatic carbocycles. The largest absolute Gasteiger partial charge is 0.379 e. The van der Waals surface area contributed by atoms with Gasteiger partial charge in [-0.3, -0.25) is 4.79 Å². The maximum Gasteiger partial charge on any atom is 0.244 e. The van der Waals surface area contributed by atoms with E-state index in [1.165, 1.54) is 12.8 Å². The number of nitrogens with zero attached hydrogens (tertiary/aromatic N) is 3. The molecule has 0 aromatic rings. The van der Waals surface area contributed by atoms with Gasteiger partial charge < -0.3 is 25.2 Å². The van der Waals surface area contributed by atoms with E-state index in [1.807, 2.05) is 7.05 Å². The molecule has 1 amide bonds. The summed E-state index contributed by atoms with van der Waals surface area (Å²) in [5, 5.41) is 0. The molecule has 1 unspecified atom stereocenters. The van der Waals surface area contributed by atoms with Gasteiger partial charge in [-0.25, -0.2) is 0 Å². The third-order valence-corrected chi connectivity index (χ3v) is 4.92. The fourth-order valence-electron chi connectivity index (χ4n) is 3.16. The molecule has 0 spiro atoms. The van der Waals surface area contributed by atoms with E-state index in [0.29, 0.717) is 25.7 Å². The van der Waals surface area contributed by atoms with Crippen molar-refractivity contribution in [3.8, 4) is 0 Å². The van der Waals surface area contributed by atoms with Crippen LogP contribution in [-0.2, 0) is 9.53 Å². The van der Waals surface area contributed by atoms with E-state index in [9.17, 15) is 4.79 Å². The fourth-order valence-corrected chi connectivity index (χ4v) is 3.16. The normalized spacial score (nSPS) is 28.2. The minimum absolute atomic E-state index is 0.0109. The number of nitrogens with two attached hydrogens (primary N) is 1. The first-order chi connectivity index (χ1) is 9.92. The minimum atomic E-state index is -0.805. The number of hydrogen-bond donors (Lipinski definition) is 1. The Morgan fingerprint density at radius 1 is 1.33 bits per heavy atom. The number of likely N-dealkylation sites (tertiary alicyclic amines) is 1. The van der Waals surface area contributed by atoms with Crippen LogP contribution < -0.4 is 5.73 Å². The van der Waals surface area contributed by atoms with E-state index in [4.69, 9.17) is 10.5 Å². The molecule has 2 saturated heterocycles. The van der Waals surface area contributed by atoms with Crippen molar-refractivity contribution >= 4 is 5.91 Å². The molecule has 2 heterocycles. The van der Waals surface area contributed by atoms with E-state index >= 15 is 0 Å². The van der Waals surface area contributed by atoms with Gasteiger partial charge in [0.15, 0.2) is 0 Å². The zero-order valence-corrected chi connectivity index (χ0v) is 13.7. The standard InChI is InChI=1S/C15H30N4O2/c1-17-7-4-13(5-8-17)18(2)9-10-19(3)14(20)15(16)6-11-21-12-15/h13H,4-12,16H2,1-3H3. The topological polar surface area (TPSA) is 62.0 Å². The van der Waals surface area contributed by atoms with Crippen LogP contribution in [-0.4, -0.2) is 92.7 Å². The first-order valence-corrected chi connectivity index (χ1v) is 7.93. The van der Waals surface area contributed by atoms with Crippen LogP contribution in [0.4, 0.5) is 0 Å². The quantitative estimate of drug-likeness (QED) is 0.747. The number of ether oxygens (including phenoxy) is 1. The Bertz CT molecular complexity index is 350. The SMILES string of the molecule is CN1CCC(N(C)CCN(C)C(=O)C2(N)CCOC2)CC1. The van der Waals surface area contributed by atoms with Crippen LogP contribution >= 0.6 is 0 Å².